The Bertz CT molecular complexity index is 368. The van der Waals surface area contributed by atoms with Crippen LogP contribution in [0.3, 0.4) is 0 Å². The van der Waals surface area contributed by atoms with Crippen molar-refractivity contribution in [3.8, 4) is 0 Å². The molecular weight excluding hydrogens is 336 g/mol. The smallest absolute Gasteiger partial charge is 0.264 e. The van der Waals surface area contributed by atoms with Gasteiger partial charge in [0.15, 0.2) is 0 Å². The van der Waals surface area contributed by atoms with Crippen molar-refractivity contribution < 1.29 is 18.1 Å². The molecule has 0 saturated carbocycles. The van der Waals surface area contributed by atoms with Crippen LogP contribution in [-0.4, -0.2) is 29.9 Å². The second kappa shape index (κ2) is 17.3. The standard InChI is InChI=1S/C20H42O4S/c1-2-3-4-5-6-8-11-14-17-20(21)18-15-12-9-7-10-13-16-19-25(22,23)24/h20-21H,2-19H2,1H3,(H,22,23,24). The van der Waals surface area contributed by atoms with E-state index in [0.29, 0.717) is 6.42 Å². The number of unbranched alkanes of at least 4 members (excludes halogenated alkanes) is 13. The van der Waals surface area contributed by atoms with Crippen LogP contribution in [0.25, 0.3) is 0 Å². The van der Waals surface area contributed by atoms with Gasteiger partial charge < -0.3 is 5.11 Å². The van der Waals surface area contributed by atoms with Gasteiger partial charge >= 0.3 is 0 Å². The molecule has 0 fully saturated rings. The van der Waals surface area contributed by atoms with Gasteiger partial charge in [0.1, 0.15) is 0 Å². The van der Waals surface area contributed by atoms with Gasteiger partial charge in [-0.1, -0.05) is 96.8 Å². The summed E-state index contributed by atoms with van der Waals surface area (Å²) < 4.78 is 29.8. The van der Waals surface area contributed by atoms with Gasteiger partial charge in [0.25, 0.3) is 10.1 Å². The van der Waals surface area contributed by atoms with Crippen molar-refractivity contribution in [1.82, 2.24) is 0 Å². The maximum absolute atomic E-state index is 10.6. The Hall–Kier alpha value is -0.130. The zero-order valence-corrected chi connectivity index (χ0v) is 17.2. The second-order valence-electron chi connectivity index (χ2n) is 7.47. The fourth-order valence-electron chi connectivity index (χ4n) is 3.21. The molecule has 0 aromatic heterocycles. The van der Waals surface area contributed by atoms with Crippen molar-refractivity contribution in [3.05, 3.63) is 0 Å². The van der Waals surface area contributed by atoms with E-state index in [1.54, 1.807) is 0 Å². The van der Waals surface area contributed by atoms with Crippen molar-refractivity contribution in [2.45, 2.75) is 122 Å². The highest BCUT2D eigenvalue weighted by Gasteiger charge is 2.05. The van der Waals surface area contributed by atoms with E-state index in [1.807, 2.05) is 0 Å². The van der Waals surface area contributed by atoms with Gasteiger partial charge in [-0.3, -0.25) is 4.55 Å². The minimum absolute atomic E-state index is 0.113. The molecule has 0 amide bonds. The average Bonchev–Trinajstić information content (AvgIpc) is 2.54. The molecule has 0 aromatic rings. The van der Waals surface area contributed by atoms with Gasteiger partial charge in [-0.2, -0.15) is 8.42 Å². The highest BCUT2D eigenvalue weighted by Crippen LogP contribution is 2.15. The zero-order valence-electron chi connectivity index (χ0n) is 16.4. The Labute approximate surface area is 156 Å². The van der Waals surface area contributed by atoms with Gasteiger partial charge in [0.2, 0.25) is 0 Å². The average molecular weight is 379 g/mol. The lowest BCUT2D eigenvalue weighted by molar-refractivity contribution is 0.147. The zero-order chi connectivity index (χ0) is 18.8. The van der Waals surface area contributed by atoms with Crippen LogP contribution >= 0.6 is 0 Å². The van der Waals surface area contributed by atoms with E-state index < -0.39 is 10.1 Å². The molecule has 25 heavy (non-hydrogen) atoms. The number of rotatable bonds is 19. The molecule has 0 rings (SSSR count). The highest BCUT2D eigenvalue weighted by atomic mass is 32.2. The Balaban J connectivity index is 3.21. The molecule has 152 valence electrons. The van der Waals surface area contributed by atoms with Crippen molar-refractivity contribution >= 4 is 10.1 Å². The van der Waals surface area contributed by atoms with Crippen LogP contribution in [0.15, 0.2) is 0 Å². The van der Waals surface area contributed by atoms with Gasteiger partial charge in [0, 0.05) is 0 Å². The molecule has 0 aliphatic carbocycles. The van der Waals surface area contributed by atoms with Gasteiger partial charge in [-0.05, 0) is 19.3 Å². The van der Waals surface area contributed by atoms with Crippen LogP contribution < -0.4 is 0 Å². The lowest BCUT2D eigenvalue weighted by Crippen LogP contribution is -2.06. The number of hydrogen-bond donors (Lipinski definition) is 2. The molecule has 1 atom stereocenters. The predicted molar refractivity (Wildman–Crippen MR) is 107 cm³/mol. The highest BCUT2D eigenvalue weighted by molar-refractivity contribution is 7.85. The molecule has 0 radical (unpaired) electrons. The molecule has 1 unspecified atom stereocenters. The molecule has 0 aliphatic heterocycles. The van der Waals surface area contributed by atoms with Gasteiger partial charge in [-0.25, -0.2) is 0 Å². The second-order valence-corrected chi connectivity index (χ2v) is 9.04. The summed E-state index contributed by atoms with van der Waals surface area (Å²) in [7, 11) is -3.78. The normalized spacial score (nSPS) is 13.2. The topological polar surface area (TPSA) is 74.6 Å². The first-order valence-corrected chi connectivity index (χ1v) is 12.2. The van der Waals surface area contributed by atoms with E-state index in [-0.39, 0.29) is 11.9 Å². The summed E-state index contributed by atoms with van der Waals surface area (Å²) in [6, 6.07) is 0. The first kappa shape index (κ1) is 24.9. The third-order valence-electron chi connectivity index (χ3n) is 4.83. The molecule has 0 aliphatic rings. The molecule has 0 spiro atoms. The number of aliphatic hydroxyl groups excluding tert-OH is 1. The third-order valence-corrected chi connectivity index (χ3v) is 5.64. The molecule has 4 nitrogen and oxygen atoms in total. The van der Waals surface area contributed by atoms with Crippen molar-refractivity contribution in [3.63, 3.8) is 0 Å². The van der Waals surface area contributed by atoms with E-state index in [2.05, 4.69) is 6.92 Å². The van der Waals surface area contributed by atoms with Gasteiger partial charge in [0.05, 0.1) is 11.9 Å². The van der Waals surface area contributed by atoms with Crippen molar-refractivity contribution in [2.24, 2.45) is 0 Å². The minimum Gasteiger partial charge on any atom is -0.393 e. The fraction of sp³-hybridized carbons (Fsp3) is 1.00. The first-order valence-electron chi connectivity index (χ1n) is 10.6. The lowest BCUT2D eigenvalue weighted by Gasteiger charge is -2.10. The summed E-state index contributed by atoms with van der Waals surface area (Å²) in [5, 5.41) is 9.99. The predicted octanol–water partition coefficient (Wildman–Crippen LogP) is 5.89. The summed E-state index contributed by atoms with van der Waals surface area (Å²) in [6.07, 6.45) is 19.2. The van der Waals surface area contributed by atoms with Crippen LogP contribution in [0.4, 0.5) is 0 Å². The summed E-state index contributed by atoms with van der Waals surface area (Å²) in [4.78, 5) is 0. The van der Waals surface area contributed by atoms with E-state index in [1.165, 1.54) is 44.9 Å². The third kappa shape index (κ3) is 21.8. The van der Waals surface area contributed by atoms with Crippen molar-refractivity contribution in [1.29, 1.82) is 0 Å². The summed E-state index contributed by atoms with van der Waals surface area (Å²) in [5.41, 5.74) is 0. The molecule has 0 heterocycles. The number of aliphatic hydroxyl groups is 1. The Morgan fingerprint density at radius 3 is 1.40 bits per heavy atom. The van der Waals surface area contributed by atoms with Crippen molar-refractivity contribution in [2.75, 3.05) is 5.75 Å². The summed E-state index contributed by atoms with van der Waals surface area (Å²) in [6.45, 7) is 2.25. The molecule has 0 bridgehead atoms. The number of hydrogen-bond acceptors (Lipinski definition) is 3. The Morgan fingerprint density at radius 1 is 0.640 bits per heavy atom. The largest absolute Gasteiger partial charge is 0.393 e. The maximum atomic E-state index is 10.6. The molecule has 5 heteroatoms. The van der Waals surface area contributed by atoms with Crippen LogP contribution in [0.1, 0.15) is 116 Å². The van der Waals surface area contributed by atoms with Crippen LogP contribution in [0.5, 0.6) is 0 Å². The van der Waals surface area contributed by atoms with E-state index in [0.717, 1.165) is 57.8 Å². The minimum atomic E-state index is -3.78. The molecule has 0 aromatic carbocycles. The quantitative estimate of drug-likeness (QED) is 0.217. The summed E-state index contributed by atoms with van der Waals surface area (Å²) >= 11 is 0. The Morgan fingerprint density at radius 2 is 1.00 bits per heavy atom. The van der Waals surface area contributed by atoms with Crippen LogP contribution in [-0.2, 0) is 10.1 Å². The first-order chi connectivity index (χ1) is 12.0. The monoisotopic (exact) mass is 378 g/mol. The fourth-order valence-corrected chi connectivity index (χ4v) is 3.78. The van der Waals surface area contributed by atoms with E-state index >= 15 is 0 Å². The maximum Gasteiger partial charge on any atom is 0.264 e. The Kier molecular flexibility index (Phi) is 17.2. The molecule has 0 saturated heterocycles. The van der Waals surface area contributed by atoms with Gasteiger partial charge in [-0.15, -0.1) is 0 Å². The van der Waals surface area contributed by atoms with Crippen LogP contribution in [0, 0.1) is 0 Å². The van der Waals surface area contributed by atoms with E-state index in [9.17, 15) is 13.5 Å². The molecular formula is C20H42O4S. The van der Waals surface area contributed by atoms with Crippen LogP contribution in [0.2, 0.25) is 0 Å². The summed E-state index contributed by atoms with van der Waals surface area (Å²) in [5.74, 6) is -0.113. The molecule has 2 N–H and O–H groups in total. The van der Waals surface area contributed by atoms with E-state index in [4.69, 9.17) is 4.55 Å². The lowest BCUT2D eigenvalue weighted by atomic mass is 10.0. The SMILES string of the molecule is CCCCCCCCCCC(O)CCCCCCCCCS(=O)(=O)O.